The number of carbonyl (C=O) groups is 2. The average Bonchev–Trinajstić information content (AvgIpc) is 2.77. The molecule has 3 rings (SSSR count). The molecule has 0 spiro atoms. The Morgan fingerprint density at radius 1 is 1.07 bits per heavy atom. The van der Waals surface area contributed by atoms with Gasteiger partial charge in [0.05, 0.1) is 26.4 Å². The number of nitrogens with zero attached hydrogens (tertiary/aromatic N) is 1. The van der Waals surface area contributed by atoms with Gasteiger partial charge in [-0.1, -0.05) is 19.9 Å². The second-order valence-electron chi connectivity index (χ2n) is 7.62. The summed E-state index contributed by atoms with van der Waals surface area (Å²) in [4.78, 5) is 26.7. The van der Waals surface area contributed by atoms with Gasteiger partial charge in [0.15, 0.2) is 0 Å². The Bertz CT molecular complexity index is 846. The third kappa shape index (κ3) is 6.49. The lowest BCUT2D eigenvalue weighted by atomic mass is 10.1. The maximum absolute atomic E-state index is 12.6. The highest BCUT2D eigenvalue weighted by molar-refractivity contribution is 5.98. The third-order valence-electron chi connectivity index (χ3n) is 4.58. The van der Waals surface area contributed by atoms with Crippen LogP contribution in [0, 0.1) is 5.92 Å². The van der Waals surface area contributed by atoms with E-state index < -0.39 is 0 Å². The second kappa shape index (κ2) is 10.6. The average molecular weight is 412 g/mol. The topological polar surface area (TPSA) is 79.9 Å². The van der Waals surface area contributed by atoms with Crippen molar-refractivity contribution >= 4 is 23.2 Å². The van der Waals surface area contributed by atoms with Crippen LogP contribution in [0.1, 0.15) is 24.2 Å². The third-order valence-corrected chi connectivity index (χ3v) is 4.58. The number of anilines is 2. The van der Waals surface area contributed by atoms with E-state index in [1.807, 2.05) is 24.3 Å². The van der Waals surface area contributed by atoms with Crippen LogP contribution in [0.5, 0.6) is 5.75 Å². The smallest absolute Gasteiger partial charge is 0.254 e. The number of benzene rings is 2. The van der Waals surface area contributed by atoms with E-state index in [4.69, 9.17) is 9.47 Å². The molecule has 7 heteroatoms. The van der Waals surface area contributed by atoms with Crippen molar-refractivity contribution in [1.82, 2.24) is 4.90 Å². The van der Waals surface area contributed by atoms with Gasteiger partial charge in [-0.05, 0) is 48.4 Å². The van der Waals surface area contributed by atoms with Crippen LogP contribution in [0.15, 0.2) is 48.5 Å². The Kier molecular flexibility index (Phi) is 7.68. The minimum absolute atomic E-state index is 0.0488. The van der Waals surface area contributed by atoms with E-state index >= 15 is 0 Å². The molecule has 1 saturated heterocycles. The van der Waals surface area contributed by atoms with Gasteiger partial charge >= 0.3 is 0 Å². The molecule has 2 N–H and O–H groups in total. The normalized spacial score (nSPS) is 13.8. The number of morpholine rings is 1. The fourth-order valence-electron chi connectivity index (χ4n) is 3.00. The molecule has 160 valence electrons. The first-order valence-electron chi connectivity index (χ1n) is 10.2. The van der Waals surface area contributed by atoms with Gasteiger partial charge in [-0.2, -0.15) is 0 Å². The second-order valence-corrected chi connectivity index (χ2v) is 7.62. The fourth-order valence-corrected chi connectivity index (χ4v) is 3.00. The van der Waals surface area contributed by atoms with E-state index in [1.165, 1.54) is 0 Å². The van der Waals surface area contributed by atoms with Gasteiger partial charge in [-0.25, -0.2) is 0 Å². The molecule has 30 heavy (non-hydrogen) atoms. The minimum atomic E-state index is -0.189. The van der Waals surface area contributed by atoms with Crippen molar-refractivity contribution in [2.24, 2.45) is 5.92 Å². The molecule has 1 aliphatic rings. The van der Waals surface area contributed by atoms with E-state index in [-0.39, 0.29) is 18.4 Å². The van der Waals surface area contributed by atoms with Crippen molar-refractivity contribution in [2.45, 2.75) is 13.8 Å². The summed E-state index contributed by atoms with van der Waals surface area (Å²) in [6, 6.07) is 14.5. The molecule has 0 aromatic heterocycles. The van der Waals surface area contributed by atoms with Crippen molar-refractivity contribution in [3.8, 4) is 5.75 Å². The maximum atomic E-state index is 12.6. The van der Waals surface area contributed by atoms with Gasteiger partial charge in [0, 0.05) is 30.0 Å². The predicted octanol–water partition coefficient (Wildman–Crippen LogP) is 3.24. The van der Waals surface area contributed by atoms with Crippen LogP contribution in [0.4, 0.5) is 11.4 Å². The zero-order valence-electron chi connectivity index (χ0n) is 17.5. The number of rotatable bonds is 8. The summed E-state index contributed by atoms with van der Waals surface area (Å²) in [6.07, 6.45) is 0. The lowest BCUT2D eigenvalue weighted by Gasteiger charge is -2.27. The number of hydrogen-bond donors (Lipinski definition) is 2. The molecule has 0 saturated carbocycles. The molecule has 0 radical (unpaired) electrons. The first kappa shape index (κ1) is 21.6. The van der Waals surface area contributed by atoms with Gasteiger partial charge in [0.1, 0.15) is 5.75 Å². The van der Waals surface area contributed by atoms with E-state index in [1.54, 1.807) is 29.2 Å². The Labute approximate surface area is 177 Å². The molecular weight excluding hydrogens is 382 g/mol. The summed E-state index contributed by atoms with van der Waals surface area (Å²) >= 11 is 0. The predicted molar refractivity (Wildman–Crippen MR) is 117 cm³/mol. The molecular formula is C23H29N3O4. The van der Waals surface area contributed by atoms with Crippen LogP contribution in [0.2, 0.25) is 0 Å². The van der Waals surface area contributed by atoms with Crippen LogP contribution in [-0.2, 0) is 9.53 Å². The van der Waals surface area contributed by atoms with Crippen molar-refractivity contribution in [3.05, 3.63) is 54.1 Å². The van der Waals surface area contributed by atoms with Crippen molar-refractivity contribution in [2.75, 3.05) is 50.1 Å². The van der Waals surface area contributed by atoms with Gasteiger partial charge in [0.25, 0.3) is 5.91 Å². The minimum Gasteiger partial charge on any atom is -0.493 e. The largest absolute Gasteiger partial charge is 0.493 e. The Balaban J connectivity index is 1.49. The summed E-state index contributed by atoms with van der Waals surface area (Å²) in [7, 11) is 0. The number of hydrogen-bond acceptors (Lipinski definition) is 5. The summed E-state index contributed by atoms with van der Waals surface area (Å²) in [5.74, 6) is 1.04. The molecule has 2 aromatic rings. The quantitative estimate of drug-likeness (QED) is 0.697. The lowest BCUT2D eigenvalue weighted by molar-refractivity contribution is -0.114. The Morgan fingerprint density at radius 2 is 1.80 bits per heavy atom. The van der Waals surface area contributed by atoms with Crippen LogP contribution in [0.3, 0.4) is 0 Å². The van der Waals surface area contributed by atoms with Gasteiger partial charge in [-0.15, -0.1) is 0 Å². The molecule has 2 aromatic carbocycles. The summed E-state index contributed by atoms with van der Waals surface area (Å²) in [6.45, 7) is 7.26. The number of ether oxygens (including phenoxy) is 2. The standard InChI is InChI=1S/C23H29N3O4/c1-17(2)16-30-21-8-6-19(7-9-21)24-15-22(27)25-20-5-3-4-18(14-20)23(28)26-10-12-29-13-11-26/h3-9,14,17,24H,10-13,15-16H2,1-2H3,(H,25,27). The van der Waals surface area contributed by atoms with Crippen molar-refractivity contribution < 1.29 is 19.1 Å². The molecule has 2 amide bonds. The van der Waals surface area contributed by atoms with E-state index in [0.29, 0.717) is 50.1 Å². The fraction of sp³-hybridized carbons (Fsp3) is 0.391. The highest BCUT2D eigenvalue weighted by atomic mass is 16.5. The summed E-state index contributed by atoms with van der Waals surface area (Å²) < 4.78 is 10.9. The number of nitrogens with one attached hydrogen (secondary N) is 2. The highest BCUT2D eigenvalue weighted by Gasteiger charge is 2.18. The van der Waals surface area contributed by atoms with E-state index in [9.17, 15) is 9.59 Å². The SMILES string of the molecule is CC(C)COc1ccc(NCC(=O)Nc2cccc(C(=O)N3CCOCC3)c2)cc1. The van der Waals surface area contributed by atoms with Crippen molar-refractivity contribution in [3.63, 3.8) is 0 Å². The van der Waals surface area contributed by atoms with Crippen LogP contribution in [0.25, 0.3) is 0 Å². The van der Waals surface area contributed by atoms with Crippen LogP contribution < -0.4 is 15.4 Å². The summed E-state index contributed by atoms with van der Waals surface area (Å²) in [5, 5.41) is 5.92. The molecule has 0 atom stereocenters. The molecule has 1 fully saturated rings. The van der Waals surface area contributed by atoms with Gasteiger partial charge in [-0.3, -0.25) is 9.59 Å². The monoisotopic (exact) mass is 411 g/mol. The molecule has 1 heterocycles. The van der Waals surface area contributed by atoms with Crippen molar-refractivity contribution in [1.29, 1.82) is 0 Å². The highest BCUT2D eigenvalue weighted by Crippen LogP contribution is 2.17. The maximum Gasteiger partial charge on any atom is 0.254 e. The molecule has 0 aliphatic carbocycles. The Morgan fingerprint density at radius 3 is 2.50 bits per heavy atom. The summed E-state index contributed by atoms with van der Waals surface area (Å²) in [5.41, 5.74) is 1.98. The van der Waals surface area contributed by atoms with E-state index in [2.05, 4.69) is 24.5 Å². The van der Waals surface area contributed by atoms with E-state index in [0.717, 1.165) is 11.4 Å². The van der Waals surface area contributed by atoms with Gasteiger partial charge < -0.3 is 25.0 Å². The van der Waals surface area contributed by atoms with Crippen LogP contribution in [-0.4, -0.2) is 56.2 Å². The molecule has 0 bridgehead atoms. The molecule has 0 unspecified atom stereocenters. The molecule has 7 nitrogen and oxygen atoms in total. The number of carbonyl (C=O) groups excluding carboxylic acids is 2. The molecule has 1 aliphatic heterocycles. The first-order chi connectivity index (χ1) is 14.5. The first-order valence-corrected chi connectivity index (χ1v) is 10.2. The lowest BCUT2D eigenvalue weighted by Crippen LogP contribution is -2.40. The zero-order valence-corrected chi connectivity index (χ0v) is 17.5. The zero-order chi connectivity index (χ0) is 21.3. The number of amides is 2. The van der Waals surface area contributed by atoms with Gasteiger partial charge in [0.2, 0.25) is 5.91 Å². The van der Waals surface area contributed by atoms with Crippen LogP contribution >= 0.6 is 0 Å². The Hall–Kier alpha value is -3.06.